The van der Waals surface area contributed by atoms with E-state index in [0.29, 0.717) is 12.2 Å². The van der Waals surface area contributed by atoms with Crippen LogP contribution in [0.4, 0.5) is 0 Å². The summed E-state index contributed by atoms with van der Waals surface area (Å²) in [5.41, 5.74) is 1.69. The van der Waals surface area contributed by atoms with E-state index in [9.17, 15) is 4.79 Å². The van der Waals surface area contributed by atoms with Gasteiger partial charge in [0.1, 0.15) is 12.4 Å². The third-order valence-electron chi connectivity index (χ3n) is 3.44. The second kappa shape index (κ2) is 6.15. The van der Waals surface area contributed by atoms with Crippen LogP contribution in [0, 0.1) is 6.92 Å². The molecular weight excluding hydrogens is 298 g/mol. The molecule has 4 nitrogen and oxygen atoms in total. The number of aromatic nitrogens is 1. The molecule has 22 heavy (non-hydrogen) atoms. The van der Waals surface area contributed by atoms with Crippen molar-refractivity contribution < 1.29 is 14.3 Å². The molecule has 0 saturated carbocycles. The first-order valence-electron chi connectivity index (χ1n) is 6.83. The highest BCUT2D eigenvalue weighted by molar-refractivity contribution is 7.19. The third-order valence-corrected chi connectivity index (χ3v) is 4.64. The summed E-state index contributed by atoms with van der Waals surface area (Å²) in [7, 11) is 1.40. The molecule has 0 amide bonds. The number of nitrogens with zero attached hydrogens (tertiary/aromatic N) is 1. The normalized spacial score (nSPS) is 10.6. The predicted molar refractivity (Wildman–Crippen MR) is 86.5 cm³/mol. The van der Waals surface area contributed by atoms with Crippen molar-refractivity contribution in [3.63, 3.8) is 0 Å². The van der Waals surface area contributed by atoms with Gasteiger partial charge in [0, 0.05) is 26.7 Å². The van der Waals surface area contributed by atoms with Gasteiger partial charge in [0.15, 0.2) is 0 Å². The fourth-order valence-electron chi connectivity index (χ4n) is 2.33. The van der Waals surface area contributed by atoms with Crippen molar-refractivity contribution in [1.82, 2.24) is 4.98 Å². The quantitative estimate of drug-likeness (QED) is 0.684. The number of rotatable bonds is 4. The summed E-state index contributed by atoms with van der Waals surface area (Å²) in [6.45, 7) is 2.48. The monoisotopic (exact) mass is 313 g/mol. The largest absolute Gasteiger partial charge is 0.487 e. The molecule has 0 aliphatic carbocycles. The fourth-order valence-corrected chi connectivity index (χ4v) is 3.49. The van der Waals surface area contributed by atoms with Crippen molar-refractivity contribution in [2.24, 2.45) is 0 Å². The van der Waals surface area contributed by atoms with Crippen molar-refractivity contribution >= 4 is 27.4 Å². The molecule has 5 heteroatoms. The number of pyridine rings is 1. The van der Waals surface area contributed by atoms with Crippen molar-refractivity contribution in [2.45, 2.75) is 13.5 Å². The van der Waals surface area contributed by atoms with Crippen molar-refractivity contribution in [2.75, 3.05) is 7.11 Å². The van der Waals surface area contributed by atoms with Crippen LogP contribution in [-0.4, -0.2) is 18.1 Å². The highest BCUT2D eigenvalue weighted by Gasteiger charge is 2.16. The van der Waals surface area contributed by atoms with Crippen molar-refractivity contribution in [3.8, 4) is 5.75 Å². The van der Waals surface area contributed by atoms with E-state index in [1.807, 2.05) is 31.2 Å². The molecular formula is C17H15NO3S. The van der Waals surface area contributed by atoms with Crippen LogP contribution in [-0.2, 0) is 11.3 Å². The Bertz CT molecular complexity index is 811. The number of thiophene rings is 1. The molecule has 0 aliphatic rings. The van der Waals surface area contributed by atoms with Gasteiger partial charge in [-0.2, -0.15) is 0 Å². The van der Waals surface area contributed by atoms with Gasteiger partial charge in [0.25, 0.3) is 0 Å². The Kier molecular flexibility index (Phi) is 4.06. The van der Waals surface area contributed by atoms with E-state index < -0.39 is 0 Å². The average Bonchev–Trinajstić information content (AvgIpc) is 2.88. The van der Waals surface area contributed by atoms with Crippen LogP contribution in [0.1, 0.15) is 20.8 Å². The number of ether oxygens (including phenoxy) is 2. The van der Waals surface area contributed by atoms with E-state index in [2.05, 4.69) is 4.98 Å². The van der Waals surface area contributed by atoms with E-state index in [1.54, 1.807) is 29.8 Å². The number of carbonyl (C=O) groups is 1. The molecule has 0 N–H and O–H groups in total. The lowest BCUT2D eigenvalue weighted by atomic mass is 10.1. The Labute approximate surface area is 132 Å². The second-order valence-corrected chi connectivity index (χ2v) is 6.01. The van der Waals surface area contributed by atoms with Crippen LogP contribution in [0.5, 0.6) is 5.75 Å². The SMILES string of the molecule is COC(=O)c1cccc2c(COc3cccnc3)c(C)sc12. The van der Waals surface area contributed by atoms with Crippen LogP contribution in [0.15, 0.2) is 42.7 Å². The van der Waals surface area contributed by atoms with Gasteiger partial charge < -0.3 is 9.47 Å². The van der Waals surface area contributed by atoms with Gasteiger partial charge in [0.05, 0.1) is 18.9 Å². The lowest BCUT2D eigenvalue weighted by Gasteiger charge is -2.06. The molecule has 0 saturated heterocycles. The van der Waals surface area contributed by atoms with Gasteiger partial charge in [-0.3, -0.25) is 4.98 Å². The number of fused-ring (bicyclic) bond motifs is 1. The summed E-state index contributed by atoms with van der Waals surface area (Å²) in [4.78, 5) is 17.0. The predicted octanol–water partition coefficient (Wildman–Crippen LogP) is 3.97. The molecule has 2 heterocycles. The Balaban J connectivity index is 1.96. The molecule has 0 atom stereocenters. The summed E-state index contributed by atoms with van der Waals surface area (Å²) >= 11 is 1.59. The lowest BCUT2D eigenvalue weighted by Crippen LogP contribution is -2.01. The number of carbonyl (C=O) groups excluding carboxylic acids is 1. The molecule has 0 spiro atoms. The molecule has 3 aromatic rings. The summed E-state index contributed by atoms with van der Waals surface area (Å²) in [5, 5.41) is 1.04. The molecule has 112 valence electrons. The fraction of sp³-hybridized carbons (Fsp3) is 0.176. The summed E-state index contributed by atoms with van der Waals surface area (Å²) < 4.78 is 11.6. The van der Waals surface area contributed by atoms with Gasteiger partial charge in [-0.1, -0.05) is 12.1 Å². The van der Waals surface area contributed by atoms with Crippen LogP contribution < -0.4 is 4.74 Å². The molecule has 1 aromatic carbocycles. The van der Waals surface area contributed by atoms with E-state index in [0.717, 1.165) is 26.3 Å². The summed E-state index contributed by atoms with van der Waals surface area (Å²) in [6, 6.07) is 9.37. The van der Waals surface area contributed by atoms with Crippen LogP contribution in [0.2, 0.25) is 0 Å². The lowest BCUT2D eigenvalue weighted by molar-refractivity contribution is 0.0603. The molecule has 0 aliphatic heterocycles. The number of benzene rings is 1. The molecule has 3 rings (SSSR count). The van der Waals surface area contributed by atoms with Gasteiger partial charge in [-0.25, -0.2) is 4.79 Å². The number of hydrogen-bond acceptors (Lipinski definition) is 5. The van der Waals surface area contributed by atoms with Gasteiger partial charge in [-0.15, -0.1) is 11.3 Å². The number of aryl methyl sites for hydroxylation is 1. The first kappa shape index (κ1) is 14.5. The minimum absolute atomic E-state index is 0.313. The standard InChI is InChI=1S/C17H15NO3S/c1-11-15(10-21-12-5-4-8-18-9-12)13-6-3-7-14(16(13)22-11)17(19)20-2/h3-9H,10H2,1-2H3. The summed E-state index contributed by atoms with van der Waals surface area (Å²) in [6.07, 6.45) is 3.39. The molecule has 0 radical (unpaired) electrons. The maximum absolute atomic E-state index is 11.9. The van der Waals surface area contributed by atoms with Gasteiger partial charge >= 0.3 is 5.97 Å². The topological polar surface area (TPSA) is 48.4 Å². The third kappa shape index (κ3) is 2.67. The maximum atomic E-state index is 11.9. The van der Waals surface area contributed by atoms with Crippen LogP contribution >= 0.6 is 11.3 Å². The molecule has 0 bridgehead atoms. The number of esters is 1. The number of methoxy groups -OCH3 is 1. The minimum Gasteiger partial charge on any atom is -0.487 e. The smallest absolute Gasteiger partial charge is 0.339 e. The zero-order valence-electron chi connectivity index (χ0n) is 12.3. The van der Waals surface area contributed by atoms with Crippen LogP contribution in [0.25, 0.3) is 10.1 Å². The molecule has 0 fully saturated rings. The first-order valence-corrected chi connectivity index (χ1v) is 7.64. The highest BCUT2D eigenvalue weighted by atomic mass is 32.1. The zero-order valence-corrected chi connectivity index (χ0v) is 13.1. The van der Waals surface area contributed by atoms with Crippen molar-refractivity contribution in [1.29, 1.82) is 0 Å². The van der Waals surface area contributed by atoms with E-state index in [1.165, 1.54) is 7.11 Å². The van der Waals surface area contributed by atoms with Crippen LogP contribution in [0.3, 0.4) is 0 Å². The minimum atomic E-state index is -0.313. The zero-order chi connectivity index (χ0) is 15.5. The Morgan fingerprint density at radius 1 is 1.27 bits per heavy atom. The van der Waals surface area contributed by atoms with E-state index in [4.69, 9.17) is 9.47 Å². The Morgan fingerprint density at radius 3 is 2.86 bits per heavy atom. The summed E-state index contributed by atoms with van der Waals surface area (Å²) in [5.74, 6) is 0.414. The van der Waals surface area contributed by atoms with E-state index >= 15 is 0 Å². The Hall–Kier alpha value is -2.40. The number of hydrogen-bond donors (Lipinski definition) is 0. The van der Waals surface area contributed by atoms with Crippen molar-refractivity contribution in [3.05, 3.63) is 58.7 Å². The van der Waals surface area contributed by atoms with Gasteiger partial charge in [-0.05, 0) is 25.1 Å². The maximum Gasteiger partial charge on any atom is 0.339 e. The second-order valence-electron chi connectivity index (χ2n) is 4.79. The first-order chi connectivity index (χ1) is 10.7. The molecule has 0 unspecified atom stereocenters. The average molecular weight is 313 g/mol. The van der Waals surface area contributed by atoms with E-state index in [-0.39, 0.29) is 5.97 Å². The molecule has 2 aromatic heterocycles. The highest BCUT2D eigenvalue weighted by Crippen LogP contribution is 2.34. The van der Waals surface area contributed by atoms with Gasteiger partial charge in [0.2, 0.25) is 0 Å². The Morgan fingerprint density at radius 2 is 2.14 bits per heavy atom.